The maximum Gasteiger partial charge on any atom is 0.422 e. The monoisotopic (exact) mass is 325 g/mol. The van der Waals surface area contributed by atoms with E-state index in [0.29, 0.717) is 32.1 Å². The maximum absolute atomic E-state index is 11.9. The average Bonchev–Trinajstić information content (AvgIpc) is 2.45. The second-order valence-corrected chi connectivity index (χ2v) is 5.56. The first-order chi connectivity index (χ1) is 10.2. The van der Waals surface area contributed by atoms with Crippen LogP contribution in [0.5, 0.6) is 0 Å². The highest BCUT2D eigenvalue weighted by molar-refractivity contribution is 5.72. The number of rotatable bonds is 5. The van der Waals surface area contributed by atoms with Crippen LogP contribution in [0.25, 0.3) is 0 Å². The zero-order valence-corrected chi connectivity index (χ0v) is 12.7. The highest BCUT2D eigenvalue weighted by Crippen LogP contribution is 2.23. The van der Waals surface area contributed by atoms with E-state index in [4.69, 9.17) is 4.74 Å². The third-order valence-electron chi connectivity index (χ3n) is 3.66. The van der Waals surface area contributed by atoms with Gasteiger partial charge >= 0.3 is 18.2 Å². The predicted molar refractivity (Wildman–Crippen MR) is 72.1 cm³/mol. The number of alkyl carbamates (subject to hydrolysis) is 1. The van der Waals surface area contributed by atoms with Crippen molar-refractivity contribution < 1.29 is 32.2 Å². The van der Waals surface area contributed by atoms with Gasteiger partial charge in [0.1, 0.15) is 6.10 Å². The van der Waals surface area contributed by atoms with Crippen molar-refractivity contribution in [2.45, 2.75) is 64.3 Å². The number of ether oxygens (including phenoxy) is 2. The van der Waals surface area contributed by atoms with Gasteiger partial charge in [-0.25, -0.2) is 4.79 Å². The van der Waals surface area contributed by atoms with Crippen molar-refractivity contribution in [2.75, 3.05) is 6.61 Å². The summed E-state index contributed by atoms with van der Waals surface area (Å²) in [5, 5.41) is 2.40. The van der Waals surface area contributed by atoms with E-state index in [1.54, 1.807) is 6.92 Å². The summed E-state index contributed by atoms with van der Waals surface area (Å²) in [5.41, 5.74) is 0. The van der Waals surface area contributed by atoms with Crippen molar-refractivity contribution in [1.29, 1.82) is 0 Å². The largest absolute Gasteiger partial charge is 0.462 e. The Labute approximate surface area is 127 Å². The molecule has 0 bridgehead atoms. The predicted octanol–water partition coefficient (Wildman–Crippen LogP) is 3.18. The molecule has 1 rings (SSSR count). The number of alkyl halides is 3. The van der Waals surface area contributed by atoms with Gasteiger partial charge in [-0.2, -0.15) is 13.2 Å². The van der Waals surface area contributed by atoms with Crippen LogP contribution in [-0.2, 0) is 14.3 Å². The normalized spacial score (nSPS) is 23.5. The molecule has 1 atom stereocenters. The Balaban J connectivity index is 2.25. The highest BCUT2D eigenvalue weighted by Gasteiger charge is 2.31. The zero-order valence-electron chi connectivity index (χ0n) is 12.7. The molecule has 1 aliphatic rings. The summed E-state index contributed by atoms with van der Waals surface area (Å²) >= 11 is 0. The molecule has 8 heteroatoms. The number of carbonyl (C=O) groups is 2. The van der Waals surface area contributed by atoms with Crippen LogP contribution in [0, 0.1) is 5.92 Å². The van der Waals surface area contributed by atoms with Crippen LogP contribution in [0.4, 0.5) is 18.0 Å². The fourth-order valence-electron chi connectivity index (χ4n) is 2.13. The number of halogens is 3. The van der Waals surface area contributed by atoms with Gasteiger partial charge < -0.3 is 14.8 Å². The summed E-state index contributed by atoms with van der Waals surface area (Å²) in [5.74, 6) is -0.378. The van der Waals surface area contributed by atoms with Gasteiger partial charge in [0.2, 0.25) is 0 Å². The molecule has 1 aliphatic carbocycles. The van der Waals surface area contributed by atoms with E-state index in [1.165, 1.54) is 0 Å². The highest BCUT2D eigenvalue weighted by atomic mass is 19.4. The minimum atomic E-state index is -4.53. The summed E-state index contributed by atoms with van der Waals surface area (Å²) in [4.78, 5) is 22.9. The Morgan fingerprint density at radius 1 is 1.23 bits per heavy atom. The molecule has 0 saturated heterocycles. The van der Waals surface area contributed by atoms with E-state index in [2.05, 4.69) is 10.1 Å². The molecule has 0 spiro atoms. The summed E-state index contributed by atoms with van der Waals surface area (Å²) in [7, 11) is 0. The summed E-state index contributed by atoms with van der Waals surface area (Å²) in [6.45, 7) is 2.10. The second-order valence-electron chi connectivity index (χ2n) is 5.56. The Hall–Kier alpha value is -1.47. The van der Waals surface area contributed by atoms with Gasteiger partial charge in [-0.05, 0) is 32.1 Å². The Kier molecular flexibility index (Phi) is 6.96. The first-order valence-corrected chi connectivity index (χ1v) is 7.41. The van der Waals surface area contributed by atoms with Crippen molar-refractivity contribution in [3.63, 3.8) is 0 Å². The molecule has 0 aromatic rings. The van der Waals surface area contributed by atoms with Crippen molar-refractivity contribution in [3.8, 4) is 0 Å². The molecule has 0 aliphatic heterocycles. The third-order valence-corrected chi connectivity index (χ3v) is 3.66. The standard InChI is InChI=1S/C14H22F3NO4/c1-3-9(2)12(19)22-11-6-4-10(5-7-11)18-13(20)21-8-14(15,16)17/h9-11H,3-8H2,1-2H3,(H,18,20)/t9-,10?,11?/m0/s1. The van der Waals surface area contributed by atoms with Crippen molar-refractivity contribution in [2.24, 2.45) is 5.92 Å². The van der Waals surface area contributed by atoms with Crippen LogP contribution < -0.4 is 5.32 Å². The topological polar surface area (TPSA) is 64.6 Å². The maximum atomic E-state index is 11.9. The molecule has 0 aromatic heterocycles. The van der Waals surface area contributed by atoms with Crippen LogP contribution in [0.2, 0.25) is 0 Å². The van der Waals surface area contributed by atoms with Crippen molar-refractivity contribution in [3.05, 3.63) is 0 Å². The smallest absolute Gasteiger partial charge is 0.422 e. The number of hydrogen-bond acceptors (Lipinski definition) is 4. The van der Waals surface area contributed by atoms with Crippen LogP contribution in [0.15, 0.2) is 0 Å². The van der Waals surface area contributed by atoms with Gasteiger partial charge in [0.15, 0.2) is 6.61 Å². The Bertz CT molecular complexity index is 379. The van der Waals surface area contributed by atoms with Gasteiger partial charge in [-0.3, -0.25) is 4.79 Å². The number of hydrogen-bond donors (Lipinski definition) is 1. The van der Waals surface area contributed by atoms with E-state index in [-0.39, 0.29) is 24.0 Å². The molecule has 0 unspecified atom stereocenters. The fraction of sp³-hybridized carbons (Fsp3) is 0.857. The second kappa shape index (κ2) is 8.24. The molecule has 1 N–H and O–H groups in total. The molecule has 0 heterocycles. The molecule has 128 valence electrons. The Morgan fingerprint density at radius 3 is 2.32 bits per heavy atom. The van der Waals surface area contributed by atoms with Gasteiger partial charge in [0.05, 0.1) is 5.92 Å². The van der Waals surface area contributed by atoms with Crippen molar-refractivity contribution >= 4 is 12.1 Å². The van der Waals surface area contributed by atoms with Crippen molar-refractivity contribution in [1.82, 2.24) is 5.32 Å². The Morgan fingerprint density at radius 2 is 1.82 bits per heavy atom. The summed E-state index contributed by atoms with van der Waals surface area (Å²) in [6, 6.07) is -0.251. The number of carbonyl (C=O) groups excluding carboxylic acids is 2. The average molecular weight is 325 g/mol. The van der Waals surface area contributed by atoms with Gasteiger partial charge in [0, 0.05) is 6.04 Å². The van der Waals surface area contributed by atoms with Gasteiger partial charge in [-0.15, -0.1) is 0 Å². The zero-order chi connectivity index (χ0) is 16.8. The fourth-order valence-corrected chi connectivity index (χ4v) is 2.13. The quantitative estimate of drug-likeness (QED) is 0.789. The first-order valence-electron chi connectivity index (χ1n) is 7.41. The lowest BCUT2D eigenvalue weighted by Crippen LogP contribution is -2.40. The van der Waals surface area contributed by atoms with Crippen LogP contribution in [0.1, 0.15) is 46.0 Å². The minimum absolute atomic E-state index is 0.145. The molecule has 22 heavy (non-hydrogen) atoms. The molecule has 0 radical (unpaired) electrons. The van der Waals surface area contributed by atoms with Gasteiger partial charge in [0.25, 0.3) is 0 Å². The number of amides is 1. The third kappa shape index (κ3) is 7.00. The summed E-state index contributed by atoms with van der Waals surface area (Å²) < 4.78 is 45.2. The molecule has 1 fully saturated rings. The number of nitrogens with one attached hydrogen (secondary N) is 1. The van der Waals surface area contributed by atoms with E-state index in [9.17, 15) is 22.8 Å². The molecule has 5 nitrogen and oxygen atoms in total. The van der Waals surface area contributed by atoms with E-state index < -0.39 is 18.9 Å². The molecular weight excluding hydrogens is 303 g/mol. The van der Waals surface area contributed by atoms with E-state index >= 15 is 0 Å². The van der Waals surface area contributed by atoms with E-state index in [0.717, 1.165) is 0 Å². The van der Waals surface area contributed by atoms with Crippen LogP contribution in [-0.4, -0.2) is 37.0 Å². The van der Waals surface area contributed by atoms with E-state index in [1.807, 2.05) is 6.92 Å². The molecule has 0 aromatic carbocycles. The van der Waals surface area contributed by atoms with Gasteiger partial charge in [-0.1, -0.05) is 13.8 Å². The molecule has 1 amide bonds. The first kappa shape index (κ1) is 18.6. The molecular formula is C14H22F3NO4. The lowest BCUT2D eigenvalue weighted by molar-refractivity contribution is -0.160. The SMILES string of the molecule is CC[C@H](C)C(=O)OC1CCC(NC(=O)OCC(F)(F)F)CC1. The minimum Gasteiger partial charge on any atom is -0.462 e. The lowest BCUT2D eigenvalue weighted by atomic mass is 9.93. The summed E-state index contributed by atoms with van der Waals surface area (Å²) in [6.07, 6.45) is -2.85. The van der Waals surface area contributed by atoms with Crippen LogP contribution in [0.3, 0.4) is 0 Å². The van der Waals surface area contributed by atoms with Crippen LogP contribution >= 0.6 is 0 Å². The number of esters is 1. The lowest BCUT2D eigenvalue weighted by Gasteiger charge is -2.29. The molecule has 1 saturated carbocycles.